The first-order chi connectivity index (χ1) is 12.5. The van der Waals surface area contributed by atoms with Gasteiger partial charge in [-0.2, -0.15) is 0 Å². The van der Waals surface area contributed by atoms with Gasteiger partial charge in [-0.05, 0) is 13.0 Å². The molecular formula is C18H42N2O8. The molecule has 172 valence electrons. The van der Waals surface area contributed by atoms with Gasteiger partial charge in [0.25, 0.3) is 0 Å². The zero-order valence-corrected chi connectivity index (χ0v) is 18.1. The van der Waals surface area contributed by atoms with Crippen molar-refractivity contribution in [3.63, 3.8) is 0 Å². The molecular weight excluding hydrogens is 372 g/mol. The number of carboxylic acid groups (broad SMARTS) is 4. The van der Waals surface area contributed by atoms with E-state index in [0.29, 0.717) is 0 Å². The van der Waals surface area contributed by atoms with Gasteiger partial charge < -0.3 is 32.3 Å². The van der Waals surface area contributed by atoms with Crippen molar-refractivity contribution in [3.8, 4) is 0 Å². The Morgan fingerprint density at radius 2 is 0.786 bits per heavy atom. The number of aliphatic carboxylic acids is 4. The molecule has 0 rings (SSSR count). The zero-order valence-electron chi connectivity index (χ0n) is 18.1. The summed E-state index contributed by atoms with van der Waals surface area (Å²) >= 11 is 0. The van der Waals surface area contributed by atoms with Crippen molar-refractivity contribution in [2.24, 2.45) is 5.73 Å². The standard InChI is InChI=1S/C6H15N.4C3H6O2.H3N/c1-2-3-4-5-6-7;4*1-2-3(4)5;/h2-7H2,1H3;4*2H2,1H3,(H,4,5);1H3. The Bertz CT molecular complexity index is 290. The van der Waals surface area contributed by atoms with Gasteiger partial charge in [-0.1, -0.05) is 53.9 Å². The molecule has 0 bridgehead atoms. The van der Waals surface area contributed by atoms with E-state index in [9.17, 15) is 19.2 Å². The highest BCUT2D eigenvalue weighted by molar-refractivity contribution is 5.66. The number of hydrogen-bond donors (Lipinski definition) is 6. The molecule has 0 aromatic carbocycles. The average molecular weight is 415 g/mol. The predicted molar refractivity (Wildman–Crippen MR) is 110 cm³/mol. The van der Waals surface area contributed by atoms with Crippen molar-refractivity contribution in [2.45, 2.75) is 86.0 Å². The summed E-state index contributed by atoms with van der Waals surface area (Å²) in [6.45, 7) is 9.46. The minimum absolute atomic E-state index is 0. The van der Waals surface area contributed by atoms with Crippen molar-refractivity contribution in [2.75, 3.05) is 6.54 Å². The lowest BCUT2D eigenvalue weighted by Crippen LogP contribution is -1.97. The summed E-state index contributed by atoms with van der Waals surface area (Å²) < 4.78 is 0. The van der Waals surface area contributed by atoms with Gasteiger partial charge in [-0.3, -0.25) is 19.2 Å². The number of hydrogen-bond acceptors (Lipinski definition) is 6. The number of carboxylic acids is 4. The summed E-state index contributed by atoms with van der Waals surface area (Å²) in [7, 11) is 0. The monoisotopic (exact) mass is 414 g/mol. The van der Waals surface area contributed by atoms with Crippen LogP contribution in [0.3, 0.4) is 0 Å². The molecule has 10 heteroatoms. The molecule has 0 saturated heterocycles. The molecule has 0 heterocycles. The normalized spacial score (nSPS) is 7.64. The Kier molecular flexibility index (Phi) is 57.5. The highest BCUT2D eigenvalue weighted by Crippen LogP contribution is 1.95. The lowest BCUT2D eigenvalue weighted by Gasteiger charge is -1.90. The zero-order chi connectivity index (χ0) is 22.7. The van der Waals surface area contributed by atoms with Crippen LogP contribution in [0.5, 0.6) is 0 Å². The first-order valence-corrected chi connectivity index (χ1v) is 9.07. The third kappa shape index (κ3) is 129. The number of nitrogens with two attached hydrogens (primary N) is 1. The highest BCUT2D eigenvalue weighted by Gasteiger charge is 1.82. The van der Waals surface area contributed by atoms with E-state index in [0.717, 1.165) is 6.54 Å². The van der Waals surface area contributed by atoms with Crippen LogP contribution in [0.25, 0.3) is 0 Å². The third-order valence-corrected chi connectivity index (χ3v) is 2.27. The van der Waals surface area contributed by atoms with Crippen LogP contribution >= 0.6 is 0 Å². The molecule has 0 fully saturated rings. The van der Waals surface area contributed by atoms with Crippen LogP contribution in [-0.4, -0.2) is 50.8 Å². The van der Waals surface area contributed by atoms with E-state index in [1.807, 2.05) is 0 Å². The van der Waals surface area contributed by atoms with Gasteiger partial charge in [-0.15, -0.1) is 0 Å². The van der Waals surface area contributed by atoms with Crippen molar-refractivity contribution in [1.82, 2.24) is 6.15 Å². The largest absolute Gasteiger partial charge is 0.481 e. The van der Waals surface area contributed by atoms with E-state index in [1.54, 1.807) is 27.7 Å². The van der Waals surface area contributed by atoms with E-state index >= 15 is 0 Å². The maximum atomic E-state index is 9.37. The maximum Gasteiger partial charge on any atom is 0.303 e. The second kappa shape index (κ2) is 39.7. The molecule has 0 atom stereocenters. The molecule has 0 saturated carbocycles. The second-order valence-corrected chi connectivity index (χ2v) is 4.84. The van der Waals surface area contributed by atoms with Crippen molar-refractivity contribution in [1.29, 1.82) is 0 Å². The van der Waals surface area contributed by atoms with Gasteiger partial charge in [0.1, 0.15) is 0 Å². The Morgan fingerprint density at radius 1 is 0.571 bits per heavy atom. The first-order valence-electron chi connectivity index (χ1n) is 9.07. The van der Waals surface area contributed by atoms with Crippen molar-refractivity contribution < 1.29 is 39.6 Å². The first kappa shape index (κ1) is 40.5. The van der Waals surface area contributed by atoms with E-state index in [1.165, 1.54) is 25.7 Å². The summed E-state index contributed by atoms with van der Waals surface area (Å²) in [5.74, 6) is -2.98. The molecule has 9 N–H and O–H groups in total. The van der Waals surface area contributed by atoms with Gasteiger partial charge in [0.15, 0.2) is 0 Å². The fourth-order valence-electron chi connectivity index (χ4n) is 0.571. The molecule has 0 amide bonds. The lowest BCUT2D eigenvalue weighted by molar-refractivity contribution is -0.137. The Morgan fingerprint density at radius 3 is 0.893 bits per heavy atom. The lowest BCUT2D eigenvalue weighted by atomic mass is 10.2. The fourth-order valence-corrected chi connectivity index (χ4v) is 0.571. The van der Waals surface area contributed by atoms with Crippen LogP contribution in [0.1, 0.15) is 86.0 Å². The van der Waals surface area contributed by atoms with E-state index in [-0.39, 0.29) is 31.8 Å². The SMILES string of the molecule is CCC(=O)O.CCC(=O)O.CCC(=O)O.CCC(=O)O.CCCCCCN.N. The number of rotatable bonds is 8. The number of unbranched alkanes of at least 4 members (excludes halogenated alkanes) is 3. The summed E-state index contributed by atoms with van der Waals surface area (Å²) in [5, 5.41) is 30.9. The predicted octanol–water partition coefficient (Wildman–Crippen LogP) is 3.61. The molecule has 28 heavy (non-hydrogen) atoms. The van der Waals surface area contributed by atoms with Gasteiger partial charge in [0, 0.05) is 25.7 Å². The van der Waals surface area contributed by atoms with E-state index in [4.69, 9.17) is 26.2 Å². The molecule has 0 unspecified atom stereocenters. The van der Waals surface area contributed by atoms with Crippen LogP contribution in [0.15, 0.2) is 0 Å². The highest BCUT2D eigenvalue weighted by atomic mass is 16.4. The average Bonchev–Trinajstić information content (AvgIpc) is 2.63. The van der Waals surface area contributed by atoms with Gasteiger partial charge in [0.2, 0.25) is 0 Å². The topological polar surface area (TPSA) is 210 Å². The van der Waals surface area contributed by atoms with E-state index < -0.39 is 23.9 Å². The fraction of sp³-hybridized carbons (Fsp3) is 0.778. The molecule has 0 aliphatic carbocycles. The third-order valence-electron chi connectivity index (χ3n) is 2.27. The molecule has 0 radical (unpaired) electrons. The van der Waals surface area contributed by atoms with Crippen LogP contribution in [0.4, 0.5) is 0 Å². The molecule has 0 spiro atoms. The molecule has 10 nitrogen and oxygen atoms in total. The molecule has 0 aliphatic heterocycles. The summed E-state index contributed by atoms with van der Waals surface area (Å²) in [5.41, 5.74) is 5.27. The molecule has 0 aliphatic rings. The van der Waals surface area contributed by atoms with Crippen molar-refractivity contribution >= 4 is 23.9 Å². The summed E-state index contributed by atoms with van der Waals surface area (Å²) in [6, 6.07) is 0. The van der Waals surface area contributed by atoms with Crippen LogP contribution in [0.2, 0.25) is 0 Å². The summed E-state index contributed by atoms with van der Waals surface area (Å²) in [4.78, 5) is 37.5. The number of carbonyl (C=O) groups is 4. The second-order valence-electron chi connectivity index (χ2n) is 4.84. The minimum atomic E-state index is -0.745. The van der Waals surface area contributed by atoms with Gasteiger partial charge >= 0.3 is 23.9 Å². The summed E-state index contributed by atoms with van der Waals surface area (Å²) in [6.07, 6.45) is 6.05. The minimum Gasteiger partial charge on any atom is -0.481 e. The van der Waals surface area contributed by atoms with Crippen molar-refractivity contribution in [3.05, 3.63) is 0 Å². The van der Waals surface area contributed by atoms with Gasteiger partial charge in [-0.25, -0.2) is 0 Å². The smallest absolute Gasteiger partial charge is 0.303 e. The Labute approximate surface area is 168 Å². The van der Waals surface area contributed by atoms with Crippen LogP contribution in [-0.2, 0) is 19.2 Å². The van der Waals surface area contributed by atoms with E-state index in [2.05, 4.69) is 6.92 Å². The van der Waals surface area contributed by atoms with Crippen LogP contribution < -0.4 is 11.9 Å². The quantitative estimate of drug-likeness (QED) is 0.317. The Hall–Kier alpha value is -2.20. The maximum absolute atomic E-state index is 9.37. The van der Waals surface area contributed by atoms with Gasteiger partial charge in [0.05, 0.1) is 0 Å². The Balaban J connectivity index is -0.0000000540. The molecule has 0 aromatic rings. The van der Waals surface area contributed by atoms with Crippen LogP contribution in [0, 0.1) is 0 Å². The molecule has 0 aromatic heterocycles.